The van der Waals surface area contributed by atoms with Crippen molar-refractivity contribution in [3.05, 3.63) is 0 Å². The highest BCUT2D eigenvalue weighted by atomic mass is 16.5. The molecule has 0 saturated heterocycles. The van der Waals surface area contributed by atoms with Crippen molar-refractivity contribution in [3.63, 3.8) is 0 Å². The summed E-state index contributed by atoms with van der Waals surface area (Å²) in [4.78, 5) is 25.2. The fourth-order valence-electron chi connectivity index (χ4n) is 4.38. The topological polar surface area (TPSA) is 67.4 Å². The monoisotopic (exact) mass is 336 g/mol. The van der Waals surface area contributed by atoms with Crippen LogP contribution in [0.3, 0.4) is 0 Å². The van der Waals surface area contributed by atoms with Crippen molar-refractivity contribution in [1.82, 2.24) is 10.6 Å². The van der Waals surface area contributed by atoms with Crippen LogP contribution in [0.4, 0.5) is 0 Å². The highest BCUT2D eigenvalue weighted by Gasteiger charge is 2.42. The van der Waals surface area contributed by atoms with Gasteiger partial charge in [-0.15, -0.1) is 0 Å². The molecule has 3 aliphatic carbocycles. The normalized spacial score (nSPS) is 29.2. The fourth-order valence-corrected chi connectivity index (χ4v) is 4.38. The number of hydrogen-bond donors (Lipinski definition) is 2. The third-order valence-electron chi connectivity index (χ3n) is 6.13. The highest BCUT2D eigenvalue weighted by molar-refractivity contribution is 5.83. The van der Waals surface area contributed by atoms with Gasteiger partial charge in [0.1, 0.15) is 0 Å². The van der Waals surface area contributed by atoms with E-state index in [-0.39, 0.29) is 29.2 Å². The fraction of sp³-hybridized carbons (Fsp3) is 0.895. The zero-order valence-corrected chi connectivity index (χ0v) is 14.9. The van der Waals surface area contributed by atoms with E-state index in [4.69, 9.17) is 4.74 Å². The predicted molar refractivity (Wildman–Crippen MR) is 92.4 cm³/mol. The predicted octanol–water partition coefficient (Wildman–Crippen LogP) is 2.54. The Bertz CT molecular complexity index is 456. The maximum atomic E-state index is 12.9. The molecule has 2 amide bonds. The number of rotatable bonds is 7. The SMILES string of the molecule is COCCC1(C(=O)N[C@H]2CCC[C@@H](C(=O)NC3CC3)C2)CCCC1. The second kappa shape index (κ2) is 7.85. The molecule has 3 fully saturated rings. The van der Waals surface area contributed by atoms with E-state index in [1.54, 1.807) is 7.11 Å². The Labute approximate surface area is 145 Å². The number of amides is 2. The smallest absolute Gasteiger partial charge is 0.226 e. The van der Waals surface area contributed by atoms with E-state index in [1.165, 1.54) is 0 Å². The largest absolute Gasteiger partial charge is 0.385 e. The van der Waals surface area contributed by atoms with Gasteiger partial charge >= 0.3 is 0 Å². The zero-order chi connectivity index (χ0) is 17.0. The van der Waals surface area contributed by atoms with Crippen molar-refractivity contribution in [1.29, 1.82) is 0 Å². The van der Waals surface area contributed by atoms with E-state index < -0.39 is 0 Å². The molecule has 0 bridgehead atoms. The maximum absolute atomic E-state index is 12.9. The number of methoxy groups -OCH3 is 1. The van der Waals surface area contributed by atoms with Crippen molar-refractivity contribution >= 4 is 11.8 Å². The lowest BCUT2D eigenvalue weighted by Crippen LogP contribution is -2.48. The van der Waals surface area contributed by atoms with Crippen molar-refractivity contribution in [2.24, 2.45) is 11.3 Å². The molecule has 0 aromatic heterocycles. The number of carbonyl (C=O) groups excluding carboxylic acids is 2. The van der Waals surface area contributed by atoms with Crippen LogP contribution >= 0.6 is 0 Å². The third-order valence-corrected chi connectivity index (χ3v) is 6.13. The zero-order valence-electron chi connectivity index (χ0n) is 14.9. The summed E-state index contributed by atoms with van der Waals surface area (Å²) in [5.41, 5.74) is -0.237. The van der Waals surface area contributed by atoms with E-state index in [2.05, 4.69) is 10.6 Å². The molecule has 5 nitrogen and oxygen atoms in total. The number of ether oxygens (including phenoxy) is 1. The van der Waals surface area contributed by atoms with E-state index in [9.17, 15) is 9.59 Å². The first kappa shape index (κ1) is 17.7. The summed E-state index contributed by atoms with van der Waals surface area (Å²) in [6.45, 7) is 0.643. The van der Waals surface area contributed by atoms with Gasteiger partial charge in [-0.1, -0.05) is 19.3 Å². The molecule has 5 heteroatoms. The van der Waals surface area contributed by atoms with Crippen molar-refractivity contribution in [2.75, 3.05) is 13.7 Å². The van der Waals surface area contributed by atoms with Gasteiger partial charge in [0.05, 0.1) is 5.41 Å². The lowest BCUT2D eigenvalue weighted by Gasteiger charge is -2.33. The van der Waals surface area contributed by atoms with Gasteiger partial charge in [-0.25, -0.2) is 0 Å². The van der Waals surface area contributed by atoms with Crippen molar-refractivity contribution in [3.8, 4) is 0 Å². The molecule has 0 radical (unpaired) electrons. The average Bonchev–Trinajstić information content (AvgIpc) is 3.26. The molecule has 0 heterocycles. The summed E-state index contributed by atoms with van der Waals surface area (Å²) < 4.78 is 5.23. The first-order valence-electron chi connectivity index (χ1n) is 9.73. The Balaban J connectivity index is 1.53. The van der Waals surface area contributed by atoms with Gasteiger partial charge in [0.15, 0.2) is 0 Å². The van der Waals surface area contributed by atoms with Gasteiger partial charge in [0.25, 0.3) is 0 Å². The standard InChI is InChI=1S/C19H32N2O3/c1-24-12-11-19(9-2-3-10-19)18(23)21-16-6-4-5-14(13-16)17(22)20-15-7-8-15/h14-16H,2-13H2,1H3,(H,20,22)(H,21,23)/t14-,16+/m1/s1. The molecular weight excluding hydrogens is 304 g/mol. The van der Waals surface area contributed by atoms with E-state index in [0.29, 0.717) is 12.6 Å². The van der Waals surface area contributed by atoms with Gasteiger partial charge in [-0.2, -0.15) is 0 Å². The van der Waals surface area contributed by atoms with Crippen LogP contribution in [-0.4, -0.2) is 37.6 Å². The molecule has 0 aliphatic heterocycles. The minimum Gasteiger partial charge on any atom is -0.385 e. The van der Waals surface area contributed by atoms with Gasteiger partial charge < -0.3 is 15.4 Å². The molecule has 3 saturated carbocycles. The van der Waals surface area contributed by atoms with Gasteiger partial charge in [0, 0.05) is 31.7 Å². The van der Waals surface area contributed by atoms with Crippen LogP contribution in [0.5, 0.6) is 0 Å². The molecule has 0 unspecified atom stereocenters. The number of nitrogens with one attached hydrogen (secondary N) is 2. The summed E-state index contributed by atoms with van der Waals surface area (Å²) >= 11 is 0. The summed E-state index contributed by atoms with van der Waals surface area (Å²) in [6, 6.07) is 0.574. The van der Waals surface area contributed by atoms with Crippen LogP contribution in [0.1, 0.15) is 70.6 Å². The molecular formula is C19H32N2O3. The Morgan fingerprint density at radius 3 is 2.42 bits per heavy atom. The highest BCUT2D eigenvalue weighted by Crippen LogP contribution is 2.41. The first-order valence-corrected chi connectivity index (χ1v) is 9.73. The van der Waals surface area contributed by atoms with Crippen LogP contribution in [0.2, 0.25) is 0 Å². The maximum Gasteiger partial charge on any atom is 0.226 e. The Morgan fingerprint density at radius 1 is 1.00 bits per heavy atom. The van der Waals surface area contributed by atoms with E-state index in [1.807, 2.05) is 0 Å². The molecule has 2 atom stereocenters. The van der Waals surface area contributed by atoms with Gasteiger partial charge in [-0.3, -0.25) is 9.59 Å². The minimum absolute atomic E-state index is 0.0724. The van der Waals surface area contributed by atoms with Crippen LogP contribution < -0.4 is 10.6 Å². The molecule has 0 aromatic carbocycles. The van der Waals surface area contributed by atoms with Gasteiger partial charge in [-0.05, 0) is 51.4 Å². The third kappa shape index (κ3) is 4.29. The average molecular weight is 336 g/mol. The van der Waals surface area contributed by atoms with Crippen LogP contribution in [0.25, 0.3) is 0 Å². The minimum atomic E-state index is -0.237. The Morgan fingerprint density at radius 2 is 1.75 bits per heavy atom. The quantitative estimate of drug-likeness (QED) is 0.751. The second-order valence-electron chi connectivity index (χ2n) is 8.05. The van der Waals surface area contributed by atoms with E-state index in [0.717, 1.165) is 70.6 Å². The van der Waals surface area contributed by atoms with Crippen LogP contribution in [0.15, 0.2) is 0 Å². The summed E-state index contributed by atoms with van der Waals surface area (Å²) in [5, 5.41) is 6.41. The number of carbonyl (C=O) groups is 2. The van der Waals surface area contributed by atoms with Crippen LogP contribution in [-0.2, 0) is 14.3 Å². The molecule has 24 heavy (non-hydrogen) atoms. The molecule has 0 aromatic rings. The summed E-state index contributed by atoms with van der Waals surface area (Å²) in [6.07, 6.45) is 11.1. The molecule has 136 valence electrons. The van der Waals surface area contributed by atoms with Crippen LogP contribution in [0, 0.1) is 11.3 Å². The van der Waals surface area contributed by atoms with E-state index >= 15 is 0 Å². The molecule has 3 aliphatic rings. The molecule has 3 rings (SSSR count). The lowest BCUT2D eigenvalue weighted by molar-refractivity contribution is -0.134. The molecule has 2 N–H and O–H groups in total. The van der Waals surface area contributed by atoms with Crippen molar-refractivity contribution in [2.45, 2.75) is 82.7 Å². The Hall–Kier alpha value is -1.10. The number of hydrogen-bond acceptors (Lipinski definition) is 3. The molecule has 0 spiro atoms. The van der Waals surface area contributed by atoms with Crippen molar-refractivity contribution < 1.29 is 14.3 Å². The second-order valence-corrected chi connectivity index (χ2v) is 8.05. The first-order chi connectivity index (χ1) is 11.6. The summed E-state index contributed by atoms with van der Waals surface area (Å²) in [5.74, 6) is 0.472. The van der Waals surface area contributed by atoms with Gasteiger partial charge in [0.2, 0.25) is 11.8 Å². The lowest BCUT2D eigenvalue weighted by atomic mass is 9.80. The Kier molecular flexibility index (Phi) is 5.80. The summed E-state index contributed by atoms with van der Waals surface area (Å²) in [7, 11) is 1.70.